The van der Waals surface area contributed by atoms with Gasteiger partial charge in [-0.2, -0.15) is 0 Å². The van der Waals surface area contributed by atoms with E-state index in [-0.39, 0.29) is 24.3 Å². The summed E-state index contributed by atoms with van der Waals surface area (Å²) in [6.45, 7) is 11.0. The van der Waals surface area contributed by atoms with Gasteiger partial charge < -0.3 is 24.4 Å². The average Bonchev–Trinajstić information content (AvgIpc) is 3.22. The summed E-state index contributed by atoms with van der Waals surface area (Å²) in [5.41, 5.74) is 3.41. The minimum absolute atomic E-state index is 0.0840. The first kappa shape index (κ1) is 43.8. The van der Waals surface area contributed by atoms with Crippen molar-refractivity contribution >= 4 is 6.09 Å². The molecule has 0 aromatic heterocycles. The van der Waals surface area contributed by atoms with Crippen LogP contribution in [0.2, 0.25) is 0 Å². The van der Waals surface area contributed by atoms with Crippen molar-refractivity contribution < 1.29 is 29.2 Å². The number of nitrogens with zero attached hydrogens (tertiary/aromatic N) is 1. The van der Waals surface area contributed by atoms with Gasteiger partial charge >= 0.3 is 6.09 Å². The van der Waals surface area contributed by atoms with Gasteiger partial charge in [0.1, 0.15) is 30.3 Å². The van der Waals surface area contributed by atoms with Gasteiger partial charge in [0.2, 0.25) is 0 Å². The van der Waals surface area contributed by atoms with Crippen LogP contribution in [0.25, 0.3) is 0 Å². The zero-order valence-corrected chi connectivity index (χ0v) is 35.0. The maximum absolute atomic E-state index is 13.1. The van der Waals surface area contributed by atoms with Crippen LogP contribution < -0.4 is 9.47 Å². The van der Waals surface area contributed by atoms with Crippen LogP contribution >= 0.6 is 0 Å². The molecule has 0 bridgehead atoms. The standard InChI is InChI=1S/C27H37NO4.C23H30O2/c1-5-11-22-15-10-17-24(28(22)26(30)32-27(2,3)4)25(29)21-14-9-16-23(18-21)31-19-20-12-7-6-8-13-20;1-2-8-18-11-6-12-20(15-18)23(24)21-13-7-14-22(16-21)25-17-19-9-4-3-5-10-19/h6-9,12-14,16,18,22,24-25,29H,5,10-11,15,17,19H2,1-4H3;3-5,7,9-10,13-14,16,18,20,23-24H,2,6,8,11-12,15,17H2,1H3/t22-,24+,25+;18-,20-,23-/m00/s1. The molecule has 1 saturated heterocycles. The Hall–Kier alpha value is -4.33. The fraction of sp³-hybridized carbons (Fsp3) is 0.500. The molecule has 1 saturated carbocycles. The van der Waals surface area contributed by atoms with E-state index < -0.39 is 11.7 Å². The maximum Gasteiger partial charge on any atom is 0.410 e. The van der Waals surface area contributed by atoms with E-state index in [1.54, 1.807) is 4.90 Å². The Morgan fingerprint density at radius 1 is 0.684 bits per heavy atom. The molecule has 6 atom stereocenters. The lowest BCUT2D eigenvalue weighted by atomic mass is 9.76. The summed E-state index contributed by atoms with van der Waals surface area (Å²) in [7, 11) is 0. The molecule has 57 heavy (non-hydrogen) atoms. The summed E-state index contributed by atoms with van der Waals surface area (Å²) >= 11 is 0. The Bertz CT molecular complexity index is 1750. The SMILES string of the molecule is CCC[C@H]1CCC[C@H]([C@H](O)c2cccc(OCc3ccccc3)c2)C1.CCC[C@H]1CCC[C@H]([C@H](O)c2cccc(OCc3ccccc3)c2)N1C(=O)OC(C)(C)C. The highest BCUT2D eigenvalue weighted by atomic mass is 16.6. The first-order chi connectivity index (χ1) is 27.5. The molecule has 308 valence electrons. The minimum Gasteiger partial charge on any atom is -0.489 e. The largest absolute Gasteiger partial charge is 0.489 e. The third-order valence-electron chi connectivity index (χ3n) is 11.2. The van der Waals surface area contributed by atoms with E-state index in [1.807, 2.05) is 118 Å². The number of carbonyl (C=O) groups excluding carboxylic acids is 1. The first-order valence-corrected chi connectivity index (χ1v) is 21.4. The summed E-state index contributed by atoms with van der Waals surface area (Å²) in [5, 5.41) is 22.2. The van der Waals surface area contributed by atoms with Crippen molar-refractivity contribution in [2.75, 3.05) is 0 Å². The van der Waals surface area contributed by atoms with Crippen molar-refractivity contribution in [2.45, 2.75) is 148 Å². The molecule has 1 amide bonds. The molecule has 2 aliphatic rings. The number of benzene rings is 4. The second-order valence-corrected chi connectivity index (χ2v) is 17.0. The molecule has 0 unspecified atom stereocenters. The zero-order chi connectivity index (χ0) is 40.6. The number of rotatable bonds is 14. The Morgan fingerprint density at radius 3 is 1.77 bits per heavy atom. The lowest BCUT2D eigenvalue weighted by Crippen LogP contribution is -2.53. The van der Waals surface area contributed by atoms with Crippen molar-refractivity contribution in [3.8, 4) is 11.5 Å². The number of piperidine rings is 1. The Balaban J connectivity index is 0.000000224. The highest BCUT2D eigenvalue weighted by molar-refractivity contribution is 5.69. The number of likely N-dealkylation sites (tertiary alicyclic amines) is 1. The predicted molar refractivity (Wildman–Crippen MR) is 229 cm³/mol. The van der Waals surface area contributed by atoms with E-state index >= 15 is 0 Å². The normalized spacial score (nSPS) is 20.7. The van der Waals surface area contributed by atoms with E-state index in [0.717, 1.165) is 78.9 Å². The van der Waals surface area contributed by atoms with Gasteiger partial charge in [0.15, 0.2) is 0 Å². The van der Waals surface area contributed by atoms with E-state index in [1.165, 1.54) is 25.7 Å². The van der Waals surface area contributed by atoms with Gasteiger partial charge in [-0.1, -0.05) is 131 Å². The maximum atomic E-state index is 13.1. The lowest BCUT2D eigenvalue weighted by Gasteiger charge is -2.44. The fourth-order valence-corrected chi connectivity index (χ4v) is 8.48. The number of amides is 1. The van der Waals surface area contributed by atoms with Crippen molar-refractivity contribution in [3.05, 3.63) is 131 Å². The van der Waals surface area contributed by atoms with Crippen molar-refractivity contribution in [2.24, 2.45) is 11.8 Å². The molecule has 7 heteroatoms. The van der Waals surface area contributed by atoms with Gasteiger partial charge in [-0.15, -0.1) is 0 Å². The molecule has 1 aliphatic heterocycles. The van der Waals surface area contributed by atoms with Crippen LogP contribution in [0.15, 0.2) is 109 Å². The molecular formula is C50H67NO6. The Morgan fingerprint density at radius 2 is 1.23 bits per heavy atom. The Kier molecular flexibility index (Phi) is 16.9. The van der Waals surface area contributed by atoms with Gasteiger partial charge in [-0.25, -0.2) is 4.79 Å². The van der Waals surface area contributed by atoms with Crippen LogP contribution in [0, 0.1) is 11.8 Å². The van der Waals surface area contributed by atoms with Gasteiger partial charge in [0.05, 0.1) is 18.2 Å². The van der Waals surface area contributed by atoms with Crippen molar-refractivity contribution in [1.29, 1.82) is 0 Å². The highest BCUT2D eigenvalue weighted by Crippen LogP contribution is 2.40. The summed E-state index contributed by atoms with van der Waals surface area (Å²) in [5.74, 6) is 2.71. The topological polar surface area (TPSA) is 88.5 Å². The molecule has 0 spiro atoms. The molecule has 0 radical (unpaired) electrons. The second kappa shape index (κ2) is 22.0. The van der Waals surface area contributed by atoms with Crippen LogP contribution in [-0.2, 0) is 18.0 Å². The van der Waals surface area contributed by atoms with E-state index in [9.17, 15) is 15.0 Å². The molecule has 1 heterocycles. The monoisotopic (exact) mass is 777 g/mol. The minimum atomic E-state index is -0.803. The molecule has 2 N–H and O–H groups in total. The molecule has 7 nitrogen and oxygen atoms in total. The van der Waals surface area contributed by atoms with E-state index in [0.29, 0.717) is 24.9 Å². The second-order valence-electron chi connectivity index (χ2n) is 17.0. The van der Waals surface area contributed by atoms with Crippen LogP contribution in [0.4, 0.5) is 4.79 Å². The number of hydrogen-bond acceptors (Lipinski definition) is 6. The highest BCUT2D eigenvalue weighted by Gasteiger charge is 2.40. The number of ether oxygens (including phenoxy) is 3. The summed E-state index contributed by atoms with van der Waals surface area (Å²) in [6.07, 6.45) is 10.5. The number of aliphatic hydroxyl groups excluding tert-OH is 2. The molecule has 2 fully saturated rings. The molecule has 4 aromatic rings. The van der Waals surface area contributed by atoms with E-state index in [4.69, 9.17) is 14.2 Å². The lowest BCUT2D eigenvalue weighted by molar-refractivity contribution is -0.0368. The summed E-state index contributed by atoms with van der Waals surface area (Å²) in [4.78, 5) is 14.9. The molecular weight excluding hydrogens is 711 g/mol. The fourth-order valence-electron chi connectivity index (χ4n) is 8.48. The molecule has 1 aliphatic carbocycles. The number of carbonyl (C=O) groups is 1. The first-order valence-electron chi connectivity index (χ1n) is 21.4. The van der Waals surface area contributed by atoms with Crippen LogP contribution in [0.5, 0.6) is 11.5 Å². The average molecular weight is 778 g/mol. The third-order valence-corrected chi connectivity index (χ3v) is 11.2. The number of aliphatic hydroxyl groups is 2. The van der Waals surface area contributed by atoms with Gasteiger partial charge in [0.25, 0.3) is 0 Å². The quantitative estimate of drug-likeness (QED) is 0.133. The van der Waals surface area contributed by atoms with Gasteiger partial charge in [0, 0.05) is 6.04 Å². The summed E-state index contributed by atoms with van der Waals surface area (Å²) < 4.78 is 17.6. The molecule has 4 aromatic carbocycles. The molecule has 6 rings (SSSR count). The van der Waals surface area contributed by atoms with Gasteiger partial charge in [-0.3, -0.25) is 4.90 Å². The number of hydrogen-bond donors (Lipinski definition) is 2. The van der Waals surface area contributed by atoms with Crippen LogP contribution in [0.3, 0.4) is 0 Å². The smallest absolute Gasteiger partial charge is 0.410 e. The van der Waals surface area contributed by atoms with Gasteiger partial charge in [-0.05, 0) is 118 Å². The zero-order valence-electron chi connectivity index (χ0n) is 35.0. The third kappa shape index (κ3) is 13.6. The summed E-state index contributed by atoms with van der Waals surface area (Å²) in [6, 6.07) is 35.5. The predicted octanol–water partition coefficient (Wildman–Crippen LogP) is 12.2. The Labute approximate surface area is 342 Å². The van der Waals surface area contributed by atoms with Crippen LogP contribution in [-0.4, -0.2) is 38.9 Å². The van der Waals surface area contributed by atoms with E-state index in [2.05, 4.69) is 26.0 Å². The van der Waals surface area contributed by atoms with Crippen molar-refractivity contribution in [1.82, 2.24) is 4.90 Å². The van der Waals surface area contributed by atoms with Crippen LogP contribution in [0.1, 0.15) is 140 Å². The van der Waals surface area contributed by atoms with Crippen molar-refractivity contribution in [3.63, 3.8) is 0 Å².